The molecule has 1 rings (SSSR count). The zero-order chi connectivity index (χ0) is 14.4. The Morgan fingerprint density at radius 3 is 2.32 bits per heavy atom. The Balaban J connectivity index is 2.49. The predicted octanol–water partition coefficient (Wildman–Crippen LogP) is 3.19. The van der Waals surface area contributed by atoms with Crippen molar-refractivity contribution < 1.29 is 4.79 Å². The fraction of sp³-hybridized carbons (Fsp3) is 0.533. The van der Waals surface area contributed by atoms with Gasteiger partial charge in [-0.3, -0.25) is 9.69 Å². The molecule has 0 spiro atoms. The van der Waals surface area contributed by atoms with Gasteiger partial charge in [0.1, 0.15) is 0 Å². The Labute approximate surface area is 120 Å². The minimum absolute atomic E-state index is 0.113. The lowest BCUT2D eigenvalue weighted by Gasteiger charge is -2.30. The SMILES string of the molecule is CC(C)N(CCNC(=O)c1ccccc1Cl)C(C)C. The fourth-order valence-corrected chi connectivity index (χ4v) is 2.37. The summed E-state index contributed by atoms with van der Waals surface area (Å²) in [5.74, 6) is -0.113. The summed E-state index contributed by atoms with van der Waals surface area (Å²) in [6, 6.07) is 8.04. The second-order valence-electron chi connectivity index (χ2n) is 5.16. The lowest BCUT2D eigenvalue weighted by atomic mass is 10.2. The molecule has 0 bridgehead atoms. The summed E-state index contributed by atoms with van der Waals surface area (Å²) in [7, 11) is 0. The number of nitrogens with zero attached hydrogens (tertiary/aromatic N) is 1. The van der Waals surface area contributed by atoms with E-state index in [2.05, 4.69) is 37.9 Å². The molecule has 0 radical (unpaired) electrons. The third-order valence-corrected chi connectivity index (χ3v) is 3.43. The molecule has 19 heavy (non-hydrogen) atoms. The molecule has 0 heterocycles. The van der Waals surface area contributed by atoms with E-state index in [1.807, 2.05) is 12.1 Å². The van der Waals surface area contributed by atoms with Gasteiger partial charge in [0.2, 0.25) is 0 Å². The van der Waals surface area contributed by atoms with Crippen LogP contribution in [0.2, 0.25) is 5.02 Å². The van der Waals surface area contributed by atoms with Gasteiger partial charge in [-0.05, 0) is 39.8 Å². The Morgan fingerprint density at radius 1 is 1.21 bits per heavy atom. The van der Waals surface area contributed by atoms with Gasteiger partial charge >= 0.3 is 0 Å². The highest BCUT2D eigenvalue weighted by Crippen LogP contribution is 2.14. The molecular formula is C15H23ClN2O. The summed E-state index contributed by atoms with van der Waals surface area (Å²) < 4.78 is 0. The largest absolute Gasteiger partial charge is 0.351 e. The molecule has 1 aromatic carbocycles. The number of rotatable bonds is 6. The van der Waals surface area contributed by atoms with Gasteiger partial charge in [-0.15, -0.1) is 0 Å². The molecule has 0 saturated carbocycles. The molecule has 0 aliphatic rings. The van der Waals surface area contributed by atoms with Gasteiger partial charge in [0.25, 0.3) is 5.91 Å². The molecule has 0 saturated heterocycles. The maximum Gasteiger partial charge on any atom is 0.252 e. The number of carbonyl (C=O) groups excluding carboxylic acids is 1. The Kier molecular flexibility index (Phi) is 6.32. The van der Waals surface area contributed by atoms with Crippen LogP contribution in [0.25, 0.3) is 0 Å². The highest BCUT2D eigenvalue weighted by atomic mass is 35.5. The van der Waals surface area contributed by atoms with E-state index in [0.717, 1.165) is 6.54 Å². The van der Waals surface area contributed by atoms with Gasteiger partial charge in [-0.25, -0.2) is 0 Å². The van der Waals surface area contributed by atoms with E-state index >= 15 is 0 Å². The number of halogens is 1. The number of amides is 1. The zero-order valence-corrected chi connectivity index (χ0v) is 12.9. The zero-order valence-electron chi connectivity index (χ0n) is 12.1. The number of hydrogen-bond donors (Lipinski definition) is 1. The molecular weight excluding hydrogens is 260 g/mol. The van der Waals surface area contributed by atoms with Crippen LogP contribution in [0.1, 0.15) is 38.1 Å². The van der Waals surface area contributed by atoms with Crippen molar-refractivity contribution in [1.29, 1.82) is 0 Å². The van der Waals surface area contributed by atoms with Crippen molar-refractivity contribution in [2.45, 2.75) is 39.8 Å². The predicted molar refractivity (Wildman–Crippen MR) is 80.8 cm³/mol. The topological polar surface area (TPSA) is 32.3 Å². The molecule has 0 fully saturated rings. The van der Waals surface area contributed by atoms with Crippen molar-refractivity contribution >= 4 is 17.5 Å². The van der Waals surface area contributed by atoms with Gasteiger partial charge < -0.3 is 5.32 Å². The van der Waals surface area contributed by atoms with Crippen LogP contribution in [0.4, 0.5) is 0 Å². The Morgan fingerprint density at radius 2 is 1.79 bits per heavy atom. The van der Waals surface area contributed by atoms with Gasteiger partial charge in [-0.1, -0.05) is 23.7 Å². The highest BCUT2D eigenvalue weighted by Gasteiger charge is 2.14. The van der Waals surface area contributed by atoms with Crippen LogP contribution in [0.15, 0.2) is 24.3 Å². The normalized spacial score (nSPS) is 11.4. The van der Waals surface area contributed by atoms with E-state index in [9.17, 15) is 4.79 Å². The summed E-state index contributed by atoms with van der Waals surface area (Å²) in [6.07, 6.45) is 0. The van der Waals surface area contributed by atoms with Crippen LogP contribution in [-0.4, -0.2) is 36.0 Å². The minimum atomic E-state index is -0.113. The van der Waals surface area contributed by atoms with Crippen molar-refractivity contribution in [2.75, 3.05) is 13.1 Å². The maximum atomic E-state index is 12.0. The molecule has 1 N–H and O–H groups in total. The van der Waals surface area contributed by atoms with Crippen LogP contribution in [0.3, 0.4) is 0 Å². The maximum absolute atomic E-state index is 12.0. The molecule has 4 heteroatoms. The monoisotopic (exact) mass is 282 g/mol. The van der Waals surface area contributed by atoms with E-state index in [1.165, 1.54) is 0 Å². The van der Waals surface area contributed by atoms with Gasteiger partial charge in [-0.2, -0.15) is 0 Å². The van der Waals surface area contributed by atoms with Crippen LogP contribution in [0, 0.1) is 0 Å². The molecule has 106 valence electrons. The molecule has 0 aliphatic heterocycles. The smallest absolute Gasteiger partial charge is 0.252 e. The van der Waals surface area contributed by atoms with E-state index in [0.29, 0.717) is 29.2 Å². The lowest BCUT2D eigenvalue weighted by molar-refractivity contribution is 0.0939. The first-order valence-corrected chi connectivity index (χ1v) is 7.09. The first-order valence-electron chi connectivity index (χ1n) is 6.72. The fourth-order valence-electron chi connectivity index (χ4n) is 2.15. The first-order chi connectivity index (χ1) is 8.93. The molecule has 0 aromatic heterocycles. The average Bonchev–Trinajstić information content (AvgIpc) is 2.33. The standard InChI is InChI=1S/C15H23ClN2O/c1-11(2)18(12(3)4)10-9-17-15(19)13-7-5-6-8-14(13)16/h5-8,11-12H,9-10H2,1-4H3,(H,17,19). The van der Waals surface area contributed by atoms with E-state index in [-0.39, 0.29) is 5.91 Å². The molecule has 0 aliphatic carbocycles. The second-order valence-corrected chi connectivity index (χ2v) is 5.57. The number of nitrogens with one attached hydrogen (secondary N) is 1. The summed E-state index contributed by atoms with van der Waals surface area (Å²) in [5, 5.41) is 3.41. The number of benzene rings is 1. The average molecular weight is 283 g/mol. The van der Waals surface area contributed by atoms with Crippen molar-refractivity contribution in [3.05, 3.63) is 34.9 Å². The second kappa shape index (κ2) is 7.51. The van der Waals surface area contributed by atoms with Crippen LogP contribution >= 0.6 is 11.6 Å². The molecule has 0 unspecified atom stereocenters. The van der Waals surface area contributed by atoms with Crippen LogP contribution < -0.4 is 5.32 Å². The number of hydrogen-bond acceptors (Lipinski definition) is 2. The van der Waals surface area contributed by atoms with Crippen molar-refractivity contribution in [2.24, 2.45) is 0 Å². The van der Waals surface area contributed by atoms with Crippen molar-refractivity contribution in [3.63, 3.8) is 0 Å². The summed E-state index contributed by atoms with van der Waals surface area (Å²) in [4.78, 5) is 14.3. The summed E-state index contributed by atoms with van der Waals surface area (Å²) in [6.45, 7) is 10.1. The quantitative estimate of drug-likeness (QED) is 0.869. The molecule has 0 atom stereocenters. The third kappa shape index (κ3) is 4.84. The Bertz CT molecular complexity index is 410. The molecule has 1 aromatic rings. The van der Waals surface area contributed by atoms with E-state index < -0.39 is 0 Å². The van der Waals surface area contributed by atoms with Gasteiger partial charge in [0, 0.05) is 25.2 Å². The molecule has 3 nitrogen and oxygen atoms in total. The van der Waals surface area contributed by atoms with Crippen molar-refractivity contribution in [3.8, 4) is 0 Å². The Hall–Kier alpha value is -1.06. The first kappa shape index (κ1) is 16.0. The summed E-state index contributed by atoms with van der Waals surface area (Å²) in [5.41, 5.74) is 0.532. The van der Waals surface area contributed by atoms with Crippen LogP contribution in [-0.2, 0) is 0 Å². The highest BCUT2D eigenvalue weighted by molar-refractivity contribution is 6.33. The number of carbonyl (C=O) groups is 1. The van der Waals surface area contributed by atoms with Crippen molar-refractivity contribution in [1.82, 2.24) is 10.2 Å². The lowest BCUT2D eigenvalue weighted by Crippen LogP contribution is -2.42. The van der Waals surface area contributed by atoms with E-state index in [4.69, 9.17) is 11.6 Å². The van der Waals surface area contributed by atoms with Crippen LogP contribution in [0.5, 0.6) is 0 Å². The van der Waals surface area contributed by atoms with Gasteiger partial charge in [0.15, 0.2) is 0 Å². The summed E-state index contributed by atoms with van der Waals surface area (Å²) >= 11 is 5.99. The van der Waals surface area contributed by atoms with E-state index in [1.54, 1.807) is 12.1 Å². The molecule has 1 amide bonds. The minimum Gasteiger partial charge on any atom is -0.351 e. The third-order valence-electron chi connectivity index (χ3n) is 3.10. The van der Waals surface area contributed by atoms with Gasteiger partial charge in [0.05, 0.1) is 10.6 Å².